The van der Waals surface area contributed by atoms with Crippen LogP contribution in [0.3, 0.4) is 0 Å². The van der Waals surface area contributed by atoms with Crippen molar-refractivity contribution in [2.45, 2.75) is 13.5 Å². The first-order valence-corrected chi connectivity index (χ1v) is 6.48. The third-order valence-electron chi connectivity index (χ3n) is 3.16. The number of fused-ring (bicyclic) bond motifs is 1. The number of H-pyrrole nitrogens is 1. The summed E-state index contributed by atoms with van der Waals surface area (Å²) in [6, 6.07) is 12.7. The normalized spacial score (nSPS) is 11.1. The molecular weight excluding hydrogens is 259 g/mol. The second kappa shape index (κ2) is 4.63. The minimum atomic E-state index is -0.222. The number of imidazole rings is 1. The fourth-order valence-corrected chi connectivity index (χ4v) is 2.51. The number of nitrogens with one attached hydrogen (secondary N) is 1. The third kappa shape index (κ3) is 2.31. The molecule has 2 aromatic carbocycles. The monoisotopic (exact) mass is 272 g/mol. The summed E-state index contributed by atoms with van der Waals surface area (Å²) in [4.78, 5) is 3.17. The maximum Gasteiger partial charge on any atom is 0.178 e. The predicted octanol–water partition coefficient (Wildman–Crippen LogP) is 4.19. The summed E-state index contributed by atoms with van der Waals surface area (Å²) in [5.41, 5.74) is 4.13. The molecule has 3 rings (SSSR count). The molecule has 0 aliphatic rings. The molecule has 0 fully saturated rings. The SMILES string of the molecule is Cc1ccc2[nH]c(=S)n(Cc3cccc(F)c3)c2c1. The van der Waals surface area contributed by atoms with Crippen LogP contribution in [-0.2, 0) is 6.54 Å². The van der Waals surface area contributed by atoms with Crippen LogP contribution in [0.1, 0.15) is 11.1 Å². The maximum atomic E-state index is 13.2. The summed E-state index contributed by atoms with van der Waals surface area (Å²) in [5, 5.41) is 0. The maximum absolute atomic E-state index is 13.2. The molecule has 0 bridgehead atoms. The van der Waals surface area contributed by atoms with Gasteiger partial charge in [0, 0.05) is 0 Å². The summed E-state index contributed by atoms with van der Waals surface area (Å²) < 4.78 is 15.9. The number of nitrogens with zero attached hydrogens (tertiary/aromatic N) is 1. The van der Waals surface area contributed by atoms with Gasteiger partial charge in [0.25, 0.3) is 0 Å². The first-order chi connectivity index (χ1) is 9.13. The van der Waals surface area contributed by atoms with Gasteiger partial charge >= 0.3 is 0 Å². The van der Waals surface area contributed by atoms with Crippen molar-refractivity contribution in [3.05, 3.63) is 64.2 Å². The fourth-order valence-electron chi connectivity index (χ4n) is 2.24. The van der Waals surface area contributed by atoms with E-state index in [9.17, 15) is 4.39 Å². The zero-order valence-electron chi connectivity index (χ0n) is 10.5. The lowest BCUT2D eigenvalue weighted by atomic mass is 10.2. The Kier molecular flexibility index (Phi) is 2.95. The molecule has 0 aliphatic carbocycles. The van der Waals surface area contributed by atoms with E-state index in [0.29, 0.717) is 11.3 Å². The Hall–Kier alpha value is -1.94. The zero-order chi connectivity index (χ0) is 13.4. The molecule has 1 aromatic heterocycles. The van der Waals surface area contributed by atoms with E-state index in [1.54, 1.807) is 6.07 Å². The lowest BCUT2D eigenvalue weighted by molar-refractivity contribution is 0.623. The lowest BCUT2D eigenvalue weighted by Crippen LogP contribution is -2.00. The molecule has 0 spiro atoms. The van der Waals surface area contributed by atoms with Crippen molar-refractivity contribution in [1.29, 1.82) is 0 Å². The Balaban J connectivity index is 2.12. The Morgan fingerprint density at radius 2 is 2.05 bits per heavy atom. The predicted molar refractivity (Wildman–Crippen MR) is 77.4 cm³/mol. The molecule has 4 heteroatoms. The molecule has 1 heterocycles. The first kappa shape index (κ1) is 12.1. The quantitative estimate of drug-likeness (QED) is 0.694. The van der Waals surface area contributed by atoms with Crippen LogP contribution >= 0.6 is 12.2 Å². The molecule has 0 saturated heterocycles. The summed E-state index contributed by atoms with van der Waals surface area (Å²) in [7, 11) is 0. The fraction of sp³-hybridized carbons (Fsp3) is 0.133. The van der Waals surface area contributed by atoms with Crippen LogP contribution in [0, 0.1) is 17.5 Å². The van der Waals surface area contributed by atoms with E-state index in [4.69, 9.17) is 12.2 Å². The Morgan fingerprint density at radius 3 is 2.84 bits per heavy atom. The molecular formula is C15H13FN2S. The summed E-state index contributed by atoms with van der Waals surface area (Å²) >= 11 is 5.34. The van der Waals surface area contributed by atoms with E-state index in [1.165, 1.54) is 17.7 Å². The molecule has 0 atom stereocenters. The number of hydrogen-bond acceptors (Lipinski definition) is 1. The molecule has 0 aliphatic heterocycles. The van der Waals surface area contributed by atoms with E-state index >= 15 is 0 Å². The molecule has 0 amide bonds. The average molecular weight is 272 g/mol. The lowest BCUT2D eigenvalue weighted by Gasteiger charge is -2.05. The van der Waals surface area contributed by atoms with E-state index < -0.39 is 0 Å². The molecule has 96 valence electrons. The number of benzene rings is 2. The highest BCUT2D eigenvalue weighted by Gasteiger charge is 2.05. The van der Waals surface area contributed by atoms with Crippen molar-refractivity contribution in [2.75, 3.05) is 0 Å². The summed E-state index contributed by atoms with van der Waals surface area (Å²) in [6.07, 6.45) is 0. The Labute approximate surface area is 115 Å². The van der Waals surface area contributed by atoms with Crippen LogP contribution in [0.4, 0.5) is 4.39 Å². The summed E-state index contributed by atoms with van der Waals surface area (Å²) in [6.45, 7) is 2.61. The number of aryl methyl sites for hydroxylation is 1. The zero-order valence-corrected chi connectivity index (χ0v) is 11.3. The Morgan fingerprint density at radius 1 is 1.21 bits per heavy atom. The largest absolute Gasteiger partial charge is 0.331 e. The van der Waals surface area contributed by atoms with Gasteiger partial charge in [0.05, 0.1) is 17.6 Å². The molecule has 0 radical (unpaired) electrons. The van der Waals surface area contributed by atoms with Crippen LogP contribution in [0.25, 0.3) is 11.0 Å². The molecule has 2 nitrogen and oxygen atoms in total. The van der Waals surface area contributed by atoms with E-state index in [2.05, 4.69) is 11.1 Å². The van der Waals surface area contributed by atoms with Gasteiger partial charge in [-0.25, -0.2) is 4.39 Å². The molecule has 0 unspecified atom stereocenters. The number of rotatable bonds is 2. The molecule has 19 heavy (non-hydrogen) atoms. The molecule has 0 saturated carbocycles. The van der Waals surface area contributed by atoms with Gasteiger partial charge in [0.2, 0.25) is 0 Å². The number of aromatic amines is 1. The van der Waals surface area contributed by atoms with Crippen molar-refractivity contribution >= 4 is 23.3 Å². The van der Waals surface area contributed by atoms with Crippen LogP contribution < -0.4 is 0 Å². The minimum absolute atomic E-state index is 0.222. The van der Waals surface area contributed by atoms with Crippen LogP contribution in [0.5, 0.6) is 0 Å². The molecule has 3 aromatic rings. The standard InChI is InChI=1S/C15H13FN2S/c1-10-5-6-13-14(7-10)18(15(19)17-13)9-11-3-2-4-12(16)8-11/h2-8H,9H2,1H3,(H,17,19). The molecule has 1 N–H and O–H groups in total. The first-order valence-electron chi connectivity index (χ1n) is 6.07. The van der Waals surface area contributed by atoms with Gasteiger partial charge in [0.15, 0.2) is 4.77 Å². The topological polar surface area (TPSA) is 20.7 Å². The third-order valence-corrected chi connectivity index (χ3v) is 3.48. The van der Waals surface area contributed by atoms with E-state index in [1.807, 2.05) is 29.7 Å². The van der Waals surface area contributed by atoms with Gasteiger partial charge in [-0.1, -0.05) is 18.2 Å². The smallest absolute Gasteiger partial charge is 0.178 e. The number of halogens is 1. The van der Waals surface area contributed by atoms with Crippen molar-refractivity contribution in [3.8, 4) is 0 Å². The van der Waals surface area contributed by atoms with Gasteiger partial charge in [-0.2, -0.15) is 0 Å². The Bertz CT molecular complexity index is 801. The van der Waals surface area contributed by atoms with Crippen molar-refractivity contribution in [3.63, 3.8) is 0 Å². The number of aromatic nitrogens is 2. The van der Waals surface area contributed by atoms with E-state index in [-0.39, 0.29) is 5.82 Å². The van der Waals surface area contributed by atoms with E-state index in [0.717, 1.165) is 16.6 Å². The number of hydrogen-bond donors (Lipinski definition) is 1. The van der Waals surface area contributed by atoms with Crippen LogP contribution in [-0.4, -0.2) is 9.55 Å². The van der Waals surface area contributed by atoms with Crippen molar-refractivity contribution in [1.82, 2.24) is 9.55 Å². The van der Waals surface area contributed by atoms with Crippen LogP contribution in [0.15, 0.2) is 42.5 Å². The highest BCUT2D eigenvalue weighted by atomic mass is 32.1. The summed E-state index contributed by atoms with van der Waals surface area (Å²) in [5.74, 6) is -0.222. The second-order valence-electron chi connectivity index (χ2n) is 4.67. The minimum Gasteiger partial charge on any atom is -0.331 e. The van der Waals surface area contributed by atoms with Crippen molar-refractivity contribution < 1.29 is 4.39 Å². The second-order valence-corrected chi connectivity index (χ2v) is 5.05. The van der Waals surface area contributed by atoms with Gasteiger partial charge in [0.1, 0.15) is 5.82 Å². The average Bonchev–Trinajstić information content (AvgIpc) is 2.66. The highest BCUT2D eigenvalue weighted by molar-refractivity contribution is 7.71. The van der Waals surface area contributed by atoms with Gasteiger partial charge in [-0.15, -0.1) is 0 Å². The highest BCUT2D eigenvalue weighted by Crippen LogP contribution is 2.17. The van der Waals surface area contributed by atoms with Gasteiger partial charge < -0.3 is 9.55 Å². The van der Waals surface area contributed by atoms with Crippen molar-refractivity contribution in [2.24, 2.45) is 0 Å². The van der Waals surface area contributed by atoms with Crippen LogP contribution in [0.2, 0.25) is 0 Å². The van der Waals surface area contributed by atoms with Gasteiger partial charge in [-0.05, 0) is 54.5 Å². The van der Waals surface area contributed by atoms with Gasteiger partial charge in [-0.3, -0.25) is 0 Å².